The van der Waals surface area contributed by atoms with Crippen LogP contribution in [-0.4, -0.2) is 16.9 Å². The Bertz CT molecular complexity index is 362. The molecule has 2 aliphatic rings. The van der Waals surface area contributed by atoms with Crippen LogP contribution in [-0.2, 0) is 9.53 Å². The van der Waals surface area contributed by atoms with Crippen LogP contribution in [0.5, 0.6) is 0 Å². The maximum atomic E-state index is 12.1. The lowest BCUT2D eigenvalue weighted by atomic mass is 9.70. The van der Waals surface area contributed by atoms with Crippen molar-refractivity contribution in [3.8, 4) is 0 Å². The van der Waals surface area contributed by atoms with Crippen LogP contribution < -0.4 is 0 Å². The Morgan fingerprint density at radius 1 is 1.44 bits per heavy atom. The highest BCUT2D eigenvalue weighted by Gasteiger charge is 2.63. The molecule has 4 unspecified atom stereocenters. The molecule has 0 N–H and O–H groups in total. The highest BCUT2D eigenvalue weighted by molar-refractivity contribution is 6.33. The van der Waals surface area contributed by atoms with E-state index < -0.39 is 4.87 Å². The first-order chi connectivity index (χ1) is 8.15. The number of rotatable bonds is 3. The summed E-state index contributed by atoms with van der Waals surface area (Å²) in [4.78, 5) is 11.3. The van der Waals surface area contributed by atoms with Crippen LogP contribution in [0.2, 0.25) is 0 Å². The van der Waals surface area contributed by atoms with E-state index in [1.165, 1.54) is 6.42 Å². The molecule has 18 heavy (non-hydrogen) atoms. The number of carbonyl (C=O) groups excluding carboxylic acids is 1. The van der Waals surface area contributed by atoms with Gasteiger partial charge in [-0.3, -0.25) is 4.79 Å². The van der Waals surface area contributed by atoms with Crippen LogP contribution in [0.4, 0.5) is 0 Å². The van der Waals surface area contributed by atoms with E-state index >= 15 is 0 Å². The molecule has 0 aromatic rings. The lowest BCUT2D eigenvalue weighted by molar-refractivity contribution is -0.159. The lowest BCUT2D eigenvalue weighted by Gasteiger charge is -2.39. The maximum absolute atomic E-state index is 12.1. The number of hydrogen-bond donors (Lipinski definition) is 0. The van der Waals surface area contributed by atoms with Crippen molar-refractivity contribution in [2.45, 2.75) is 71.3 Å². The van der Waals surface area contributed by atoms with Crippen molar-refractivity contribution in [2.75, 3.05) is 0 Å². The molecule has 0 amide bonds. The molecule has 2 bridgehead atoms. The average molecular weight is 273 g/mol. The molecule has 0 radical (unpaired) electrons. The number of ether oxygens (including phenoxy) is 1. The van der Waals surface area contributed by atoms with Gasteiger partial charge < -0.3 is 4.74 Å². The maximum Gasteiger partial charge on any atom is 0.327 e. The predicted molar refractivity (Wildman–Crippen MR) is 73.7 cm³/mol. The van der Waals surface area contributed by atoms with E-state index in [4.69, 9.17) is 16.3 Å². The fraction of sp³-hybridized carbons (Fsp3) is 0.933. The summed E-state index contributed by atoms with van der Waals surface area (Å²) in [5, 5.41) is 0. The van der Waals surface area contributed by atoms with Crippen molar-refractivity contribution < 1.29 is 9.53 Å². The van der Waals surface area contributed by atoms with Crippen molar-refractivity contribution in [1.82, 2.24) is 0 Å². The Hall–Kier alpha value is -0.240. The van der Waals surface area contributed by atoms with Crippen molar-refractivity contribution in [3.05, 3.63) is 0 Å². The van der Waals surface area contributed by atoms with Gasteiger partial charge in [0.25, 0.3) is 0 Å². The third kappa shape index (κ3) is 1.79. The Kier molecular flexibility index (Phi) is 3.25. The average Bonchev–Trinajstić information content (AvgIpc) is 2.62. The van der Waals surface area contributed by atoms with Crippen LogP contribution in [0.25, 0.3) is 0 Å². The van der Waals surface area contributed by atoms with Gasteiger partial charge in [0, 0.05) is 5.41 Å². The van der Waals surface area contributed by atoms with Gasteiger partial charge in [-0.25, -0.2) is 0 Å². The fourth-order valence-electron chi connectivity index (χ4n) is 3.70. The third-order valence-corrected chi connectivity index (χ3v) is 6.47. The Morgan fingerprint density at radius 3 is 2.44 bits per heavy atom. The van der Waals surface area contributed by atoms with Crippen molar-refractivity contribution >= 4 is 17.6 Å². The van der Waals surface area contributed by atoms with E-state index in [0.717, 1.165) is 12.8 Å². The topological polar surface area (TPSA) is 26.3 Å². The molecule has 0 aromatic carbocycles. The summed E-state index contributed by atoms with van der Waals surface area (Å²) in [6.45, 7) is 10.6. The molecule has 2 saturated carbocycles. The molecule has 4 atom stereocenters. The quantitative estimate of drug-likeness (QED) is 0.570. The van der Waals surface area contributed by atoms with Crippen LogP contribution in [0.3, 0.4) is 0 Å². The van der Waals surface area contributed by atoms with Gasteiger partial charge in [0.15, 0.2) is 0 Å². The van der Waals surface area contributed by atoms with E-state index in [1.54, 1.807) is 6.92 Å². The highest BCUT2D eigenvalue weighted by atomic mass is 35.5. The molecular formula is C15H25ClO2. The molecule has 0 heterocycles. The summed E-state index contributed by atoms with van der Waals surface area (Å²) >= 11 is 6.19. The van der Waals surface area contributed by atoms with Gasteiger partial charge in [0.1, 0.15) is 11.0 Å². The van der Waals surface area contributed by atoms with Crippen LogP contribution in [0.15, 0.2) is 0 Å². The molecule has 104 valence electrons. The number of esters is 1. The number of halogens is 1. The van der Waals surface area contributed by atoms with Gasteiger partial charge in [-0.1, -0.05) is 27.7 Å². The zero-order chi connectivity index (χ0) is 13.8. The minimum atomic E-state index is -0.873. The highest BCUT2D eigenvalue weighted by Crippen LogP contribution is 2.66. The second-order valence-electron chi connectivity index (χ2n) is 7.06. The smallest absolute Gasteiger partial charge is 0.327 e. The Morgan fingerprint density at radius 2 is 2.06 bits per heavy atom. The molecule has 2 aliphatic carbocycles. The molecule has 0 aliphatic heterocycles. The van der Waals surface area contributed by atoms with Crippen molar-refractivity contribution in [2.24, 2.45) is 16.7 Å². The predicted octanol–water partition coefficient (Wildman–Crippen LogP) is 4.15. The summed E-state index contributed by atoms with van der Waals surface area (Å²) < 4.78 is 5.77. The van der Waals surface area contributed by atoms with Gasteiger partial charge in [-0.15, -0.1) is 11.6 Å². The van der Waals surface area contributed by atoms with Crippen LogP contribution in [0.1, 0.15) is 60.3 Å². The summed E-state index contributed by atoms with van der Waals surface area (Å²) in [6.07, 6.45) is 4.08. The normalized spacial score (nSPS) is 40.6. The molecule has 2 rings (SSSR count). The zero-order valence-corrected chi connectivity index (χ0v) is 12.9. The molecule has 3 heteroatoms. The van der Waals surface area contributed by atoms with Gasteiger partial charge in [0.2, 0.25) is 0 Å². The third-order valence-electron chi connectivity index (χ3n) is 6.05. The standard InChI is InChI=1S/C15H25ClO2/c1-6-15(5,16)12(17)18-11-9-10-7-8-14(11,4)13(10,2)3/h10-11H,6-9H2,1-5H3. The van der Waals surface area contributed by atoms with Gasteiger partial charge in [0.05, 0.1) is 0 Å². The van der Waals surface area contributed by atoms with E-state index in [2.05, 4.69) is 20.8 Å². The van der Waals surface area contributed by atoms with Gasteiger partial charge in [-0.2, -0.15) is 0 Å². The minimum Gasteiger partial charge on any atom is -0.460 e. The number of carbonyl (C=O) groups is 1. The molecule has 0 spiro atoms. The fourth-order valence-corrected chi connectivity index (χ4v) is 3.75. The summed E-state index contributed by atoms with van der Waals surface area (Å²) in [7, 11) is 0. The number of fused-ring (bicyclic) bond motifs is 2. The number of alkyl halides is 1. The van der Waals surface area contributed by atoms with Crippen LogP contribution >= 0.6 is 11.6 Å². The van der Waals surface area contributed by atoms with E-state index in [9.17, 15) is 4.79 Å². The zero-order valence-electron chi connectivity index (χ0n) is 12.2. The molecule has 0 aromatic heterocycles. The summed E-state index contributed by atoms with van der Waals surface area (Å²) in [5.74, 6) is 0.435. The summed E-state index contributed by atoms with van der Waals surface area (Å²) in [6, 6.07) is 0. The number of hydrogen-bond acceptors (Lipinski definition) is 2. The molecule has 0 saturated heterocycles. The lowest BCUT2D eigenvalue weighted by Crippen LogP contribution is -2.42. The molecule has 2 fully saturated rings. The first kappa shape index (κ1) is 14.2. The van der Waals surface area contributed by atoms with Crippen LogP contribution in [0, 0.1) is 16.7 Å². The molecular weight excluding hydrogens is 248 g/mol. The SMILES string of the molecule is CCC(C)(Cl)C(=O)OC1CC2CCC1(C)C2(C)C. The van der Waals surface area contributed by atoms with Gasteiger partial charge in [-0.05, 0) is 43.9 Å². The Labute approximate surface area is 115 Å². The second kappa shape index (κ2) is 4.13. The van der Waals surface area contributed by atoms with Crippen molar-refractivity contribution in [1.29, 1.82) is 0 Å². The first-order valence-corrected chi connectivity index (χ1v) is 7.43. The molecule has 2 nitrogen and oxygen atoms in total. The van der Waals surface area contributed by atoms with Crippen molar-refractivity contribution in [3.63, 3.8) is 0 Å². The summed E-state index contributed by atoms with van der Waals surface area (Å²) in [5.41, 5.74) is 0.390. The largest absolute Gasteiger partial charge is 0.460 e. The second-order valence-corrected chi connectivity index (χ2v) is 7.89. The van der Waals surface area contributed by atoms with E-state index in [1.807, 2.05) is 6.92 Å². The minimum absolute atomic E-state index is 0.0448. The van der Waals surface area contributed by atoms with E-state index in [0.29, 0.717) is 12.3 Å². The monoisotopic (exact) mass is 272 g/mol. The first-order valence-electron chi connectivity index (χ1n) is 7.05. The van der Waals surface area contributed by atoms with E-state index in [-0.39, 0.29) is 22.9 Å². The van der Waals surface area contributed by atoms with Gasteiger partial charge >= 0.3 is 5.97 Å². The Balaban J connectivity index is 2.12.